The number of rotatable bonds is 4. The second kappa shape index (κ2) is 8.34. The number of piperidine rings is 1. The third kappa shape index (κ3) is 3.84. The summed E-state index contributed by atoms with van der Waals surface area (Å²) in [5, 5.41) is 0.893. The average Bonchev–Trinajstić information content (AvgIpc) is 3.16. The van der Waals surface area contributed by atoms with Gasteiger partial charge in [-0.15, -0.1) is 0 Å². The number of halogens is 1. The van der Waals surface area contributed by atoms with Crippen LogP contribution >= 0.6 is 0 Å². The minimum atomic E-state index is -0.280. The summed E-state index contributed by atoms with van der Waals surface area (Å²) in [6, 6.07) is 10.4. The molecule has 0 spiro atoms. The van der Waals surface area contributed by atoms with E-state index >= 15 is 0 Å². The molecule has 1 aliphatic heterocycles. The summed E-state index contributed by atoms with van der Waals surface area (Å²) >= 11 is 0. The molecule has 156 valence electrons. The van der Waals surface area contributed by atoms with Gasteiger partial charge in [0.15, 0.2) is 0 Å². The molecule has 0 N–H and O–H groups in total. The molecule has 4 rings (SSSR count). The Kier molecular flexibility index (Phi) is 5.62. The van der Waals surface area contributed by atoms with Crippen molar-refractivity contribution in [3.63, 3.8) is 0 Å². The Labute approximate surface area is 175 Å². The number of nitrogens with zero attached hydrogens (tertiary/aromatic N) is 1. The zero-order valence-electron chi connectivity index (χ0n) is 17.6. The van der Waals surface area contributed by atoms with Crippen LogP contribution in [0.2, 0.25) is 0 Å². The first-order valence-corrected chi connectivity index (χ1v) is 10.3. The molecule has 2 aromatic carbocycles. The summed E-state index contributed by atoms with van der Waals surface area (Å²) in [5.74, 6) is 0.404. The van der Waals surface area contributed by atoms with E-state index < -0.39 is 0 Å². The molecule has 5 heteroatoms. The third-order valence-corrected chi connectivity index (χ3v) is 5.90. The minimum absolute atomic E-state index is 0.0350. The first-order valence-electron chi connectivity index (χ1n) is 10.3. The monoisotopic (exact) mass is 407 g/mol. The van der Waals surface area contributed by atoms with Crippen molar-refractivity contribution in [2.75, 3.05) is 13.7 Å². The molecular weight excluding hydrogens is 381 g/mol. The van der Waals surface area contributed by atoms with Gasteiger partial charge in [0.05, 0.1) is 13.4 Å². The lowest BCUT2D eigenvalue weighted by atomic mass is 9.98. The lowest BCUT2D eigenvalue weighted by molar-refractivity contribution is -0.129. The fourth-order valence-corrected chi connectivity index (χ4v) is 4.16. The average molecular weight is 407 g/mol. The van der Waals surface area contributed by atoms with Crippen molar-refractivity contribution in [3.8, 4) is 16.9 Å². The molecule has 30 heavy (non-hydrogen) atoms. The normalized spacial score (nSPS) is 17.4. The van der Waals surface area contributed by atoms with Crippen molar-refractivity contribution in [1.29, 1.82) is 0 Å². The number of methoxy groups -OCH3 is 1. The molecule has 0 bridgehead atoms. The molecule has 1 saturated heterocycles. The molecule has 0 radical (unpaired) electrons. The smallest absolute Gasteiger partial charge is 0.247 e. The molecule has 1 amide bonds. The summed E-state index contributed by atoms with van der Waals surface area (Å²) in [7, 11) is 1.61. The first-order chi connectivity index (χ1) is 14.5. The van der Waals surface area contributed by atoms with E-state index in [0.29, 0.717) is 11.3 Å². The summed E-state index contributed by atoms with van der Waals surface area (Å²) in [5.41, 5.74) is 4.10. The van der Waals surface area contributed by atoms with Crippen molar-refractivity contribution in [3.05, 3.63) is 60.1 Å². The lowest BCUT2D eigenvalue weighted by Crippen LogP contribution is -2.41. The van der Waals surface area contributed by atoms with Gasteiger partial charge >= 0.3 is 0 Å². The van der Waals surface area contributed by atoms with Crippen molar-refractivity contribution < 1.29 is 18.3 Å². The highest BCUT2D eigenvalue weighted by atomic mass is 19.1. The number of hydrogen-bond acceptors (Lipinski definition) is 3. The van der Waals surface area contributed by atoms with Gasteiger partial charge in [-0.1, -0.05) is 12.1 Å². The Morgan fingerprint density at radius 1 is 1.23 bits per heavy atom. The Morgan fingerprint density at radius 3 is 2.70 bits per heavy atom. The Balaban J connectivity index is 1.74. The third-order valence-electron chi connectivity index (χ3n) is 5.90. The highest BCUT2D eigenvalue weighted by Crippen LogP contribution is 2.37. The second-order valence-corrected chi connectivity index (χ2v) is 7.91. The molecule has 3 aromatic rings. The first kappa shape index (κ1) is 20.2. The maximum absolute atomic E-state index is 13.3. The number of allylic oxidation sites excluding steroid dienone is 1. The number of ether oxygens (including phenoxy) is 1. The van der Waals surface area contributed by atoms with Gasteiger partial charge in [0.25, 0.3) is 0 Å². The molecule has 1 atom stereocenters. The molecule has 1 aliphatic rings. The zero-order chi connectivity index (χ0) is 21.3. The van der Waals surface area contributed by atoms with E-state index in [1.54, 1.807) is 31.6 Å². The van der Waals surface area contributed by atoms with Gasteiger partial charge in [-0.3, -0.25) is 4.79 Å². The van der Waals surface area contributed by atoms with Gasteiger partial charge in [-0.2, -0.15) is 0 Å². The van der Waals surface area contributed by atoms with Gasteiger partial charge in [0.2, 0.25) is 5.91 Å². The highest BCUT2D eigenvalue weighted by Gasteiger charge is 2.22. The number of furan rings is 1. The van der Waals surface area contributed by atoms with E-state index in [1.807, 2.05) is 24.0 Å². The Morgan fingerprint density at radius 2 is 2.00 bits per heavy atom. The standard InChI is InChI=1S/C25H26FNO3/c1-16(12-25(28)27-11-5-4-6-17(27)2)20-13-21-22(18-7-9-19(26)10-8-18)15-30-24(21)14-23(20)29-3/h7-10,12-15,17H,4-6,11H2,1-3H3/b16-12+. The maximum atomic E-state index is 13.3. The van der Waals surface area contributed by atoms with Crippen LogP contribution in [0.1, 0.15) is 38.7 Å². The van der Waals surface area contributed by atoms with Crippen LogP contribution in [-0.4, -0.2) is 30.5 Å². The van der Waals surface area contributed by atoms with Crippen LogP contribution < -0.4 is 4.74 Å². The van der Waals surface area contributed by atoms with Gasteiger partial charge < -0.3 is 14.1 Å². The van der Waals surface area contributed by atoms with E-state index in [1.165, 1.54) is 18.6 Å². The number of carbonyl (C=O) groups is 1. The lowest BCUT2D eigenvalue weighted by Gasteiger charge is -2.32. The number of fused-ring (bicyclic) bond motifs is 1. The minimum Gasteiger partial charge on any atom is -0.496 e. The van der Waals surface area contributed by atoms with Crippen molar-refractivity contribution >= 4 is 22.4 Å². The SMILES string of the molecule is COc1cc2occ(-c3ccc(F)cc3)c2cc1/C(C)=C/C(=O)N1CCCCC1C. The van der Waals surface area contributed by atoms with Crippen LogP contribution in [0.25, 0.3) is 27.7 Å². The molecule has 1 unspecified atom stereocenters. The summed E-state index contributed by atoms with van der Waals surface area (Å²) < 4.78 is 24.6. The van der Waals surface area contributed by atoms with Crippen LogP contribution in [0.4, 0.5) is 4.39 Å². The highest BCUT2D eigenvalue weighted by molar-refractivity contribution is 6.00. The van der Waals surface area contributed by atoms with E-state index in [4.69, 9.17) is 9.15 Å². The van der Waals surface area contributed by atoms with Crippen LogP contribution in [0.3, 0.4) is 0 Å². The predicted octanol–water partition coefficient (Wildman–Crippen LogP) is 6.05. The van der Waals surface area contributed by atoms with Crippen LogP contribution in [0, 0.1) is 5.82 Å². The van der Waals surface area contributed by atoms with Gasteiger partial charge in [0.1, 0.15) is 17.1 Å². The topological polar surface area (TPSA) is 42.7 Å². The fraction of sp³-hybridized carbons (Fsp3) is 0.320. The zero-order valence-corrected chi connectivity index (χ0v) is 17.6. The van der Waals surface area contributed by atoms with E-state index in [-0.39, 0.29) is 17.8 Å². The van der Waals surface area contributed by atoms with Crippen LogP contribution in [0.15, 0.2) is 53.2 Å². The number of carbonyl (C=O) groups excluding carboxylic acids is 1. The molecule has 1 fully saturated rings. The Bertz CT molecular complexity index is 1100. The number of amides is 1. The molecule has 4 nitrogen and oxygen atoms in total. The number of hydrogen-bond donors (Lipinski definition) is 0. The molecule has 1 aromatic heterocycles. The largest absolute Gasteiger partial charge is 0.496 e. The van der Waals surface area contributed by atoms with Crippen molar-refractivity contribution in [2.45, 2.75) is 39.2 Å². The van der Waals surface area contributed by atoms with E-state index in [0.717, 1.165) is 47.0 Å². The van der Waals surface area contributed by atoms with Crippen LogP contribution in [-0.2, 0) is 4.79 Å². The summed E-state index contributed by atoms with van der Waals surface area (Å²) in [6.07, 6.45) is 6.63. The van der Waals surface area contributed by atoms with Crippen molar-refractivity contribution in [1.82, 2.24) is 4.90 Å². The molecule has 2 heterocycles. The van der Waals surface area contributed by atoms with Gasteiger partial charge in [0, 0.05) is 41.2 Å². The Hall–Kier alpha value is -3.08. The van der Waals surface area contributed by atoms with E-state index in [9.17, 15) is 9.18 Å². The molecular formula is C25H26FNO3. The predicted molar refractivity (Wildman–Crippen MR) is 117 cm³/mol. The maximum Gasteiger partial charge on any atom is 0.247 e. The number of likely N-dealkylation sites (tertiary alicyclic amines) is 1. The summed E-state index contributed by atoms with van der Waals surface area (Å²) in [6.45, 7) is 4.83. The fourth-order valence-electron chi connectivity index (χ4n) is 4.16. The second-order valence-electron chi connectivity index (χ2n) is 7.91. The molecule has 0 aliphatic carbocycles. The van der Waals surface area contributed by atoms with Gasteiger partial charge in [-0.05, 0) is 62.4 Å². The van der Waals surface area contributed by atoms with Crippen molar-refractivity contribution in [2.24, 2.45) is 0 Å². The summed E-state index contributed by atoms with van der Waals surface area (Å²) in [4.78, 5) is 14.8. The van der Waals surface area contributed by atoms with E-state index in [2.05, 4.69) is 6.92 Å². The molecule has 0 saturated carbocycles. The van der Waals surface area contributed by atoms with Gasteiger partial charge in [-0.25, -0.2) is 4.39 Å². The number of benzene rings is 2. The quantitative estimate of drug-likeness (QED) is 0.494. The van der Waals surface area contributed by atoms with Crippen LogP contribution in [0.5, 0.6) is 5.75 Å².